The molecule has 0 N–H and O–H groups in total. The van der Waals surface area contributed by atoms with E-state index in [1.54, 1.807) is 30.2 Å². The number of methoxy groups -OCH3 is 2. The van der Waals surface area contributed by atoms with Crippen molar-refractivity contribution in [2.24, 2.45) is 0 Å². The van der Waals surface area contributed by atoms with E-state index in [1.807, 2.05) is 36.9 Å². The molecule has 3 heterocycles. The number of hydrogen-bond donors (Lipinski definition) is 0. The fourth-order valence-corrected chi connectivity index (χ4v) is 4.76. The molecular formula is C20H25N5O3S. The van der Waals surface area contributed by atoms with E-state index >= 15 is 0 Å². The van der Waals surface area contributed by atoms with Gasteiger partial charge in [0.1, 0.15) is 27.4 Å². The molecule has 2 aromatic heterocycles. The molecule has 1 aliphatic rings. The number of benzene rings is 1. The Hall–Kier alpha value is -2.81. The first kappa shape index (κ1) is 19.5. The van der Waals surface area contributed by atoms with Crippen molar-refractivity contribution >= 4 is 32.6 Å². The number of carbonyl (C=O) groups excluding carboxylic acids is 1. The quantitative estimate of drug-likeness (QED) is 0.638. The Bertz CT molecular complexity index is 995. The standard InChI is InChI=1S/C20H25N5O3S/c1-5-25-14(12-13(2)22-25)19(26)23-8-10-24(11-9-23)20-21-17-15(27-3)6-7-16(28-4)18(17)29-20/h6-7,12H,5,8-11H2,1-4H3. The minimum absolute atomic E-state index is 0.0414. The molecule has 1 amide bonds. The van der Waals surface area contributed by atoms with Crippen molar-refractivity contribution in [3.8, 4) is 11.5 Å². The highest BCUT2D eigenvalue weighted by Gasteiger charge is 2.27. The van der Waals surface area contributed by atoms with E-state index in [2.05, 4.69) is 10.00 Å². The molecule has 3 aromatic rings. The predicted molar refractivity (Wildman–Crippen MR) is 113 cm³/mol. The first-order valence-electron chi connectivity index (χ1n) is 9.66. The SMILES string of the molecule is CCn1nc(C)cc1C(=O)N1CCN(c2nc3c(OC)ccc(OC)c3s2)CC1. The molecule has 0 saturated carbocycles. The van der Waals surface area contributed by atoms with Gasteiger partial charge < -0.3 is 19.3 Å². The molecule has 1 aliphatic heterocycles. The molecule has 8 nitrogen and oxygen atoms in total. The van der Waals surface area contributed by atoms with E-state index in [9.17, 15) is 4.79 Å². The third-order valence-corrected chi connectivity index (χ3v) is 6.29. The molecule has 9 heteroatoms. The summed E-state index contributed by atoms with van der Waals surface area (Å²) >= 11 is 1.59. The highest BCUT2D eigenvalue weighted by atomic mass is 32.1. The molecular weight excluding hydrogens is 390 g/mol. The molecule has 1 aromatic carbocycles. The summed E-state index contributed by atoms with van der Waals surface area (Å²) < 4.78 is 13.7. The van der Waals surface area contributed by atoms with Crippen LogP contribution in [0.5, 0.6) is 11.5 Å². The Labute approximate surface area is 173 Å². The van der Waals surface area contributed by atoms with Gasteiger partial charge in [0.15, 0.2) is 5.13 Å². The van der Waals surface area contributed by atoms with E-state index in [0.29, 0.717) is 25.3 Å². The van der Waals surface area contributed by atoms with Gasteiger partial charge in [0.05, 0.1) is 19.9 Å². The summed E-state index contributed by atoms with van der Waals surface area (Å²) in [5, 5.41) is 5.31. The van der Waals surface area contributed by atoms with Crippen molar-refractivity contribution in [1.82, 2.24) is 19.7 Å². The van der Waals surface area contributed by atoms with E-state index in [1.165, 1.54) is 0 Å². The first-order valence-corrected chi connectivity index (χ1v) is 10.5. The molecule has 0 atom stereocenters. The summed E-state index contributed by atoms with van der Waals surface area (Å²) in [4.78, 5) is 21.9. The highest BCUT2D eigenvalue weighted by Crippen LogP contribution is 2.40. The summed E-state index contributed by atoms with van der Waals surface area (Å²) in [7, 11) is 3.31. The van der Waals surface area contributed by atoms with Crippen LogP contribution in [-0.2, 0) is 6.54 Å². The summed E-state index contributed by atoms with van der Waals surface area (Å²) in [5.41, 5.74) is 2.34. The second-order valence-corrected chi connectivity index (χ2v) is 7.89. The van der Waals surface area contributed by atoms with Gasteiger partial charge in [0.2, 0.25) is 0 Å². The molecule has 154 valence electrons. The van der Waals surface area contributed by atoms with Gasteiger partial charge >= 0.3 is 0 Å². The van der Waals surface area contributed by atoms with Crippen molar-refractivity contribution in [2.75, 3.05) is 45.3 Å². The zero-order chi connectivity index (χ0) is 20.5. The molecule has 0 aliphatic carbocycles. The van der Waals surface area contributed by atoms with Crippen LogP contribution in [0.15, 0.2) is 18.2 Å². The Morgan fingerprint density at radius 3 is 2.48 bits per heavy atom. The first-order chi connectivity index (χ1) is 14.0. The fourth-order valence-electron chi connectivity index (χ4n) is 3.63. The van der Waals surface area contributed by atoms with Crippen molar-refractivity contribution in [3.63, 3.8) is 0 Å². The van der Waals surface area contributed by atoms with Gasteiger partial charge in [-0.25, -0.2) is 4.98 Å². The lowest BCUT2D eigenvalue weighted by Gasteiger charge is -2.34. The third-order valence-electron chi connectivity index (χ3n) is 5.16. The van der Waals surface area contributed by atoms with Crippen LogP contribution in [-0.4, -0.2) is 66.0 Å². The number of ether oxygens (including phenoxy) is 2. The van der Waals surface area contributed by atoms with E-state index in [-0.39, 0.29) is 5.91 Å². The maximum atomic E-state index is 12.9. The lowest BCUT2D eigenvalue weighted by molar-refractivity contribution is 0.0734. The number of amides is 1. The van der Waals surface area contributed by atoms with E-state index < -0.39 is 0 Å². The Morgan fingerprint density at radius 1 is 1.14 bits per heavy atom. The number of nitrogens with zero attached hydrogens (tertiary/aromatic N) is 5. The van der Waals surface area contributed by atoms with E-state index in [0.717, 1.165) is 45.6 Å². The molecule has 0 radical (unpaired) electrons. The van der Waals surface area contributed by atoms with E-state index in [4.69, 9.17) is 14.5 Å². The topological polar surface area (TPSA) is 72.7 Å². The van der Waals surface area contributed by atoms with Gasteiger partial charge in [0.25, 0.3) is 5.91 Å². The van der Waals surface area contributed by atoms with Crippen molar-refractivity contribution in [1.29, 1.82) is 0 Å². The van der Waals surface area contributed by atoms with Crippen LogP contribution < -0.4 is 14.4 Å². The summed E-state index contributed by atoms with van der Waals surface area (Å²) in [6, 6.07) is 5.64. The number of thiazole rings is 1. The average Bonchev–Trinajstić information content (AvgIpc) is 3.36. The highest BCUT2D eigenvalue weighted by molar-refractivity contribution is 7.22. The molecule has 29 heavy (non-hydrogen) atoms. The number of fused-ring (bicyclic) bond motifs is 1. The number of aryl methyl sites for hydroxylation is 2. The largest absolute Gasteiger partial charge is 0.495 e. The number of carbonyl (C=O) groups is 1. The number of hydrogen-bond acceptors (Lipinski definition) is 7. The average molecular weight is 416 g/mol. The monoisotopic (exact) mass is 415 g/mol. The van der Waals surface area contributed by atoms with Crippen LogP contribution >= 0.6 is 11.3 Å². The van der Waals surface area contributed by atoms with Gasteiger partial charge in [-0.15, -0.1) is 0 Å². The normalized spacial score (nSPS) is 14.5. The molecule has 0 unspecified atom stereocenters. The Balaban J connectivity index is 1.52. The van der Waals surface area contributed by atoms with Crippen LogP contribution in [0, 0.1) is 6.92 Å². The van der Waals surface area contributed by atoms with Crippen LogP contribution in [0.1, 0.15) is 23.1 Å². The van der Waals surface area contributed by atoms with Crippen molar-refractivity contribution in [2.45, 2.75) is 20.4 Å². The summed E-state index contributed by atoms with van der Waals surface area (Å²) in [5.74, 6) is 1.57. The lowest BCUT2D eigenvalue weighted by atomic mass is 10.2. The van der Waals surface area contributed by atoms with Gasteiger partial charge in [-0.3, -0.25) is 9.48 Å². The third kappa shape index (κ3) is 3.50. The zero-order valence-corrected chi connectivity index (χ0v) is 18.0. The van der Waals surface area contributed by atoms with Crippen LogP contribution in [0.2, 0.25) is 0 Å². The van der Waals surface area contributed by atoms with Gasteiger partial charge in [0, 0.05) is 32.7 Å². The Morgan fingerprint density at radius 2 is 1.83 bits per heavy atom. The molecule has 0 spiro atoms. The van der Waals surface area contributed by atoms with Crippen molar-refractivity contribution < 1.29 is 14.3 Å². The maximum absolute atomic E-state index is 12.9. The number of anilines is 1. The summed E-state index contributed by atoms with van der Waals surface area (Å²) in [6.07, 6.45) is 0. The summed E-state index contributed by atoms with van der Waals surface area (Å²) in [6.45, 7) is 7.36. The second kappa shape index (κ2) is 7.90. The number of aromatic nitrogens is 3. The maximum Gasteiger partial charge on any atom is 0.272 e. The zero-order valence-electron chi connectivity index (χ0n) is 17.1. The lowest BCUT2D eigenvalue weighted by Crippen LogP contribution is -2.49. The second-order valence-electron chi connectivity index (χ2n) is 6.91. The molecule has 0 bridgehead atoms. The Kier molecular flexibility index (Phi) is 5.31. The van der Waals surface area contributed by atoms with Gasteiger partial charge in [-0.05, 0) is 32.0 Å². The van der Waals surface area contributed by atoms with Crippen LogP contribution in [0.4, 0.5) is 5.13 Å². The molecule has 1 fully saturated rings. The fraction of sp³-hybridized carbons (Fsp3) is 0.450. The van der Waals surface area contributed by atoms with Crippen molar-refractivity contribution in [3.05, 3.63) is 29.6 Å². The van der Waals surface area contributed by atoms with Crippen LogP contribution in [0.3, 0.4) is 0 Å². The predicted octanol–water partition coefficient (Wildman–Crippen LogP) is 2.80. The minimum atomic E-state index is 0.0414. The number of rotatable bonds is 5. The van der Waals surface area contributed by atoms with Gasteiger partial charge in [-0.1, -0.05) is 11.3 Å². The molecule has 4 rings (SSSR count). The molecule has 1 saturated heterocycles. The van der Waals surface area contributed by atoms with Crippen LogP contribution in [0.25, 0.3) is 10.2 Å². The van der Waals surface area contributed by atoms with Gasteiger partial charge in [-0.2, -0.15) is 5.10 Å². The smallest absolute Gasteiger partial charge is 0.272 e. The minimum Gasteiger partial charge on any atom is -0.495 e. The number of piperazine rings is 1.